The minimum Gasteiger partial charge on any atom is -0.463 e. The monoisotopic (exact) mass is 542 g/mol. The van der Waals surface area contributed by atoms with Crippen LogP contribution in [0.25, 0.3) is 0 Å². The van der Waals surface area contributed by atoms with E-state index in [2.05, 4.69) is 48.1 Å². The second-order valence-electron chi connectivity index (χ2n) is 15.6. The Morgan fingerprint density at radius 3 is 2.23 bits per heavy atom. The van der Waals surface area contributed by atoms with Crippen molar-refractivity contribution in [2.75, 3.05) is 13.2 Å². The van der Waals surface area contributed by atoms with Gasteiger partial charge in [0.2, 0.25) is 0 Å². The Morgan fingerprint density at radius 1 is 0.846 bits per heavy atom. The second kappa shape index (κ2) is 9.60. The fourth-order valence-electron chi connectivity index (χ4n) is 12.0. The lowest BCUT2D eigenvalue weighted by Crippen LogP contribution is -2.67. The zero-order chi connectivity index (χ0) is 28.6. The van der Waals surface area contributed by atoms with Crippen LogP contribution >= 0.6 is 0 Å². The fraction of sp³-hybridized carbons (Fsp3) is 0.882. The van der Waals surface area contributed by atoms with Gasteiger partial charge >= 0.3 is 11.9 Å². The Labute approximate surface area is 236 Å². The molecule has 0 aliphatic heterocycles. The van der Waals surface area contributed by atoms with Gasteiger partial charge in [0.1, 0.15) is 0 Å². The highest BCUT2D eigenvalue weighted by Crippen LogP contribution is 2.77. The molecule has 39 heavy (non-hydrogen) atoms. The van der Waals surface area contributed by atoms with Crippen molar-refractivity contribution in [3.05, 3.63) is 12.2 Å². The number of carbonyl (C=O) groups is 2. The smallest absolute Gasteiger partial charge is 0.344 e. The summed E-state index contributed by atoms with van der Waals surface area (Å²) in [6.45, 7) is 20.7. The largest absolute Gasteiger partial charge is 0.463 e. The molecule has 0 aromatic carbocycles. The molecule has 5 aliphatic rings. The van der Waals surface area contributed by atoms with E-state index in [9.17, 15) is 14.7 Å². The Hall–Kier alpha value is -1.36. The van der Waals surface area contributed by atoms with E-state index in [-0.39, 0.29) is 52.9 Å². The van der Waals surface area contributed by atoms with Gasteiger partial charge in [-0.25, -0.2) is 4.79 Å². The molecule has 0 amide bonds. The molecule has 5 nitrogen and oxygen atoms in total. The number of hydrogen-bond acceptors (Lipinski definition) is 5. The van der Waals surface area contributed by atoms with Crippen LogP contribution in [0.15, 0.2) is 12.2 Å². The number of aliphatic hydroxyl groups excluding tert-OH is 1. The summed E-state index contributed by atoms with van der Waals surface area (Å²) < 4.78 is 10.8. The highest BCUT2D eigenvalue weighted by atomic mass is 16.6. The van der Waals surface area contributed by atoms with E-state index in [1.807, 2.05) is 0 Å². The van der Waals surface area contributed by atoms with Crippen molar-refractivity contribution in [1.82, 2.24) is 0 Å². The van der Waals surface area contributed by atoms with E-state index in [0.29, 0.717) is 23.7 Å². The van der Waals surface area contributed by atoms with E-state index in [1.165, 1.54) is 24.8 Å². The summed E-state index contributed by atoms with van der Waals surface area (Å²) in [5.74, 6) is 1.50. The standard InChI is InChI=1S/C34H54O5/c1-9-38-27(36)20-39-29(37)34-17-12-22(21(2)3)28(34)23-10-11-25-31(6)15-14-26(35)30(4,5)24(31)13-16-33(25,8)32(23,7)18-19-34/h22-26,28,35H,2,9-20H2,1,3-8H3/t22-,23?,24?,25?,26-,28?,31-,32+,33+,34-/m0/s1. The van der Waals surface area contributed by atoms with Crippen LogP contribution in [0.3, 0.4) is 0 Å². The molecule has 0 heterocycles. The van der Waals surface area contributed by atoms with Crippen LogP contribution in [0.4, 0.5) is 0 Å². The molecule has 5 saturated carbocycles. The number of allylic oxidation sites excluding steroid dienone is 1. The predicted octanol–water partition coefficient (Wildman–Crippen LogP) is 7.11. The average molecular weight is 543 g/mol. The number of rotatable bonds is 5. The molecule has 5 rings (SSSR count). The van der Waals surface area contributed by atoms with Crippen molar-refractivity contribution in [3.8, 4) is 0 Å². The van der Waals surface area contributed by atoms with Gasteiger partial charge < -0.3 is 14.6 Å². The Morgan fingerprint density at radius 2 is 1.56 bits per heavy atom. The van der Waals surface area contributed by atoms with Crippen molar-refractivity contribution < 1.29 is 24.2 Å². The summed E-state index contributed by atoms with van der Waals surface area (Å²) in [4.78, 5) is 25.9. The first kappa shape index (κ1) is 29.1. The van der Waals surface area contributed by atoms with Crippen molar-refractivity contribution in [1.29, 1.82) is 0 Å². The van der Waals surface area contributed by atoms with Crippen LogP contribution in [0.2, 0.25) is 0 Å². The maximum atomic E-state index is 13.9. The van der Waals surface area contributed by atoms with Gasteiger partial charge in [-0.2, -0.15) is 0 Å². The SMILES string of the molecule is C=C(C)[C@@H]1CC[C@]2(C(=O)OCC(=O)OCC)CC[C@]3(C)C(CCC4[C@@]5(C)CC[C@H](O)C(C)(C)C5CC[C@]43C)C12. The molecule has 0 aromatic rings. The van der Waals surface area contributed by atoms with Gasteiger partial charge in [0.05, 0.1) is 18.1 Å². The summed E-state index contributed by atoms with van der Waals surface area (Å²) in [5, 5.41) is 11.0. The Bertz CT molecular complexity index is 1020. The van der Waals surface area contributed by atoms with Gasteiger partial charge in [0.15, 0.2) is 6.61 Å². The first-order valence-corrected chi connectivity index (χ1v) is 15.9. The van der Waals surface area contributed by atoms with Gasteiger partial charge in [-0.1, -0.05) is 46.8 Å². The maximum absolute atomic E-state index is 13.9. The lowest BCUT2D eigenvalue weighted by atomic mass is 9.32. The first-order chi connectivity index (χ1) is 18.2. The van der Waals surface area contributed by atoms with Crippen LogP contribution < -0.4 is 0 Å². The topological polar surface area (TPSA) is 72.8 Å². The zero-order valence-corrected chi connectivity index (χ0v) is 25.7. The van der Waals surface area contributed by atoms with Gasteiger partial charge in [-0.05, 0) is 129 Å². The molecule has 10 atom stereocenters. The summed E-state index contributed by atoms with van der Waals surface area (Å²) in [6, 6.07) is 0. The molecule has 0 radical (unpaired) electrons. The number of hydrogen-bond donors (Lipinski definition) is 1. The number of fused-ring (bicyclic) bond motifs is 7. The first-order valence-electron chi connectivity index (χ1n) is 15.9. The molecular formula is C34H54O5. The Balaban J connectivity index is 1.49. The third kappa shape index (κ3) is 3.94. The highest BCUT2D eigenvalue weighted by Gasteiger charge is 2.72. The van der Waals surface area contributed by atoms with Crippen molar-refractivity contribution in [2.45, 2.75) is 119 Å². The number of aliphatic hydroxyl groups is 1. The zero-order valence-electron chi connectivity index (χ0n) is 25.7. The van der Waals surface area contributed by atoms with Crippen molar-refractivity contribution in [3.63, 3.8) is 0 Å². The summed E-state index contributed by atoms with van der Waals surface area (Å²) in [5.41, 5.74) is 1.19. The summed E-state index contributed by atoms with van der Waals surface area (Å²) >= 11 is 0. The fourth-order valence-corrected chi connectivity index (χ4v) is 12.0. The second-order valence-corrected chi connectivity index (χ2v) is 15.6. The Kier molecular flexibility index (Phi) is 7.17. The highest BCUT2D eigenvalue weighted by molar-refractivity contribution is 5.81. The summed E-state index contributed by atoms with van der Waals surface area (Å²) in [6.07, 6.45) is 10.2. The summed E-state index contributed by atoms with van der Waals surface area (Å²) in [7, 11) is 0. The van der Waals surface area contributed by atoms with Gasteiger partial charge in [-0.3, -0.25) is 4.79 Å². The van der Waals surface area contributed by atoms with Gasteiger partial charge in [0, 0.05) is 0 Å². The maximum Gasteiger partial charge on any atom is 0.344 e. The molecule has 0 bridgehead atoms. The molecule has 0 aromatic heterocycles. The lowest BCUT2D eigenvalue weighted by molar-refractivity contribution is -0.248. The number of esters is 2. The van der Waals surface area contributed by atoms with Gasteiger partial charge in [-0.15, -0.1) is 0 Å². The van der Waals surface area contributed by atoms with Crippen molar-refractivity contribution >= 4 is 11.9 Å². The minimum absolute atomic E-state index is 0.0486. The molecule has 1 N–H and O–H groups in total. The van der Waals surface area contributed by atoms with E-state index in [4.69, 9.17) is 9.47 Å². The number of carbonyl (C=O) groups excluding carboxylic acids is 2. The molecule has 0 saturated heterocycles. The van der Waals surface area contributed by atoms with E-state index < -0.39 is 11.4 Å². The van der Waals surface area contributed by atoms with Crippen LogP contribution in [0, 0.1) is 56.7 Å². The minimum atomic E-state index is -0.526. The molecule has 0 spiro atoms. The molecule has 4 unspecified atom stereocenters. The van der Waals surface area contributed by atoms with Crippen LogP contribution in [0.1, 0.15) is 113 Å². The van der Waals surface area contributed by atoms with Gasteiger partial charge in [0.25, 0.3) is 0 Å². The normalized spacial score (nSPS) is 48.1. The molecule has 5 fully saturated rings. The van der Waals surface area contributed by atoms with Crippen molar-refractivity contribution in [2.24, 2.45) is 56.7 Å². The lowest BCUT2D eigenvalue weighted by Gasteiger charge is -2.72. The van der Waals surface area contributed by atoms with E-state index >= 15 is 0 Å². The molecular weight excluding hydrogens is 488 g/mol. The average Bonchev–Trinajstić information content (AvgIpc) is 3.27. The third-order valence-electron chi connectivity index (χ3n) is 14.1. The van der Waals surface area contributed by atoms with E-state index in [1.54, 1.807) is 6.92 Å². The molecule has 5 aliphatic carbocycles. The van der Waals surface area contributed by atoms with E-state index in [0.717, 1.165) is 44.9 Å². The number of ether oxygens (including phenoxy) is 2. The van der Waals surface area contributed by atoms with Crippen LogP contribution in [-0.4, -0.2) is 36.4 Å². The third-order valence-corrected chi connectivity index (χ3v) is 14.1. The molecule has 220 valence electrons. The quantitative estimate of drug-likeness (QED) is 0.296. The predicted molar refractivity (Wildman–Crippen MR) is 153 cm³/mol. The van der Waals surface area contributed by atoms with Crippen LogP contribution in [-0.2, 0) is 19.1 Å². The molecule has 5 heteroatoms. The van der Waals surface area contributed by atoms with Crippen LogP contribution in [0.5, 0.6) is 0 Å².